The molecule has 0 saturated heterocycles. The van der Waals surface area contributed by atoms with Crippen molar-refractivity contribution >= 4 is 11.8 Å². The zero-order valence-corrected chi connectivity index (χ0v) is 11.6. The molecule has 104 valence electrons. The molecule has 0 fully saturated rings. The summed E-state index contributed by atoms with van der Waals surface area (Å²) in [7, 11) is 1.55. The molecule has 2 amide bonds. The van der Waals surface area contributed by atoms with Crippen LogP contribution < -0.4 is 10.6 Å². The highest BCUT2D eigenvalue weighted by atomic mass is 19.1. The molecule has 19 heavy (non-hydrogen) atoms. The van der Waals surface area contributed by atoms with E-state index in [1.54, 1.807) is 27.8 Å². The molecule has 2 N–H and O–H groups in total. The van der Waals surface area contributed by atoms with Crippen molar-refractivity contribution in [2.75, 3.05) is 13.6 Å². The molecule has 0 spiro atoms. The predicted octanol–water partition coefficient (Wildman–Crippen LogP) is 1.64. The second-order valence-corrected chi connectivity index (χ2v) is 5.10. The topological polar surface area (TPSA) is 58.2 Å². The summed E-state index contributed by atoms with van der Waals surface area (Å²) in [5.74, 6) is -0.835. The fourth-order valence-electron chi connectivity index (χ4n) is 1.70. The molecule has 0 aliphatic carbocycles. The Labute approximate surface area is 112 Å². The van der Waals surface area contributed by atoms with Gasteiger partial charge in [0.05, 0.1) is 5.41 Å². The van der Waals surface area contributed by atoms with Gasteiger partial charge in [-0.2, -0.15) is 0 Å². The van der Waals surface area contributed by atoms with Crippen molar-refractivity contribution in [1.29, 1.82) is 0 Å². The van der Waals surface area contributed by atoms with Crippen molar-refractivity contribution < 1.29 is 14.0 Å². The molecule has 0 bridgehead atoms. The number of halogens is 1. The fraction of sp³-hybridized carbons (Fsp3) is 0.429. The summed E-state index contributed by atoms with van der Waals surface area (Å²) in [6.45, 7) is 5.36. The number of rotatable bonds is 4. The van der Waals surface area contributed by atoms with E-state index in [4.69, 9.17) is 0 Å². The average molecular weight is 266 g/mol. The molecule has 0 radical (unpaired) electrons. The monoisotopic (exact) mass is 266 g/mol. The molecule has 0 heterocycles. The van der Waals surface area contributed by atoms with Crippen molar-refractivity contribution in [2.45, 2.75) is 20.8 Å². The van der Waals surface area contributed by atoms with Crippen LogP contribution in [0.25, 0.3) is 0 Å². The maximum atomic E-state index is 13.0. The third-order valence-corrected chi connectivity index (χ3v) is 2.97. The Hall–Kier alpha value is -1.91. The van der Waals surface area contributed by atoms with Crippen molar-refractivity contribution in [1.82, 2.24) is 10.6 Å². The Morgan fingerprint density at radius 2 is 1.95 bits per heavy atom. The quantitative estimate of drug-likeness (QED) is 0.870. The number of carbonyl (C=O) groups is 2. The Morgan fingerprint density at radius 3 is 2.47 bits per heavy atom. The minimum absolute atomic E-state index is 0.149. The van der Waals surface area contributed by atoms with Crippen LogP contribution in [0.1, 0.15) is 29.8 Å². The van der Waals surface area contributed by atoms with Crippen LogP contribution in [-0.4, -0.2) is 25.4 Å². The molecule has 0 atom stereocenters. The van der Waals surface area contributed by atoms with Gasteiger partial charge in [0.1, 0.15) is 5.82 Å². The SMILES string of the molecule is CNC(=O)C(C)(C)CNC(=O)c1ccc(F)cc1C. The maximum absolute atomic E-state index is 13.0. The molecule has 0 unspecified atom stereocenters. The largest absolute Gasteiger partial charge is 0.359 e. The number of hydrogen-bond acceptors (Lipinski definition) is 2. The van der Waals surface area contributed by atoms with Gasteiger partial charge in [-0.1, -0.05) is 0 Å². The van der Waals surface area contributed by atoms with Crippen molar-refractivity contribution in [3.8, 4) is 0 Å². The second kappa shape index (κ2) is 5.82. The zero-order valence-electron chi connectivity index (χ0n) is 11.6. The molecule has 0 saturated carbocycles. The van der Waals surface area contributed by atoms with Gasteiger partial charge in [-0.15, -0.1) is 0 Å². The Morgan fingerprint density at radius 1 is 1.32 bits per heavy atom. The van der Waals surface area contributed by atoms with Crippen LogP contribution in [0.2, 0.25) is 0 Å². The summed E-state index contributed by atoms with van der Waals surface area (Å²) in [4.78, 5) is 23.6. The first-order valence-electron chi connectivity index (χ1n) is 6.04. The summed E-state index contributed by atoms with van der Waals surface area (Å²) in [6, 6.07) is 3.98. The van der Waals surface area contributed by atoms with Gasteiger partial charge in [-0.25, -0.2) is 4.39 Å². The van der Waals surface area contributed by atoms with Crippen molar-refractivity contribution in [3.63, 3.8) is 0 Å². The van der Waals surface area contributed by atoms with Crippen LogP contribution >= 0.6 is 0 Å². The first-order valence-corrected chi connectivity index (χ1v) is 6.04. The maximum Gasteiger partial charge on any atom is 0.251 e. The van der Waals surface area contributed by atoms with Gasteiger partial charge >= 0.3 is 0 Å². The summed E-state index contributed by atoms with van der Waals surface area (Å²) in [5, 5.41) is 5.24. The molecule has 1 aromatic rings. The highest BCUT2D eigenvalue weighted by Gasteiger charge is 2.27. The van der Waals surface area contributed by atoms with Gasteiger partial charge < -0.3 is 10.6 Å². The minimum Gasteiger partial charge on any atom is -0.359 e. The first kappa shape index (κ1) is 15.1. The van der Waals surface area contributed by atoms with Gasteiger partial charge in [-0.3, -0.25) is 9.59 Å². The van der Waals surface area contributed by atoms with Crippen LogP contribution in [-0.2, 0) is 4.79 Å². The van der Waals surface area contributed by atoms with Gasteiger partial charge in [0.2, 0.25) is 5.91 Å². The van der Waals surface area contributed by atoms with Crippen LogP contribution in [0.4, 0.5) is 4.39 Å². The van der Waals surface area contributed by atoms with E-state index in [1.165, 1.54) is 18.2 Å². The van der Waals surface area contributed by atoms with E-state index in [0.717, 1.165) is 0 Å². The average Bonchev–Trinajstić information content (AvgIpc) is 2.35. The lowest BCUT2D eigenvalue weighted by atomic mass is 9.92. The molecule has 0 aliphatic heterocycles. The molecule has 5 heteroatoms. The molecule has 0 aliphatic rings. The summed E-state index contributed by atoms with van der Waals surface area (Å²) in [6.07, 6.45) is 0. The van der Waals surface area contributed by atoms with E-state index < -0.39 is 5.41 Å². The van der Waals surface area contributed by atoms with Crippen LogP contribution in [0.15, 0.2) is 18.2 Å². The number of aryl methyl sites for hydroxylation is 1. The van der Waals surface area contributed by atoms with E-state index in [9.17, 15) is 14.0 Å². The number of hydrogen-bond donors (Lipinski definition) is 2. The number of amides is 2. The van der Waals surface area contributed by atoms with Crippen molar-refractivity contribution in [3.05, 3.63) is 35.1 Å². The number of nitrogens with one attached hydrogen (secondary N) is 2. The van der Waals surface area contributed by atoms with Gasteiger partial charge in [0.15, 0.2) is 0 Å². The summed E-state index contributed by atoms with van der Waals surface area (Å²) in [5.41, 5.74) is 0.280. The lowest BCUT2D eigenvalue weighted by Crippen LogP contribution is -2.43. The second-order valence-electron chi connectivity index (χ2n) is 5.10. The number of carbonyl (C=O) groups excluding carboxylic acids is 2. The van der Waals surface area contributed by atoms with E-state index in [2.05, 4.69) is 10.6 Å². The van der Waals surface area contributed by atoms with E-state index >= 15 is 0 Å². The standard InChI is InChI=1S/C14H19FN2O2/c1-9-7-10(15)5-6-11(9)12(18)17-8-14(2,3)13(19)16-4/h5-7H,8H2,1-4H3,(H,16,19)(H,17,18). The van der Waals surface area contributed by atoms with E-state index in [1.807, 2.05) is 0 Å². The summed E-state index contributed by atoms with van der Waals surface area (Å²) >= 11 is 0. The predicted molar refractivity (Wildman–Crippen MR) is 71.3 cm³/mol. The van der Waals surface area contributed by atoms with E-state index in [0.29, 0.717) is 11.1 Å². The van der Waals surface area contributed by atoms with E-state index in [-0.39, 0.29) is 24.2 Å². The first-order chi connectivity index (χ1) is 8.77. The molecule has 4 nitrogen and oxygen atoms in total. The Bertz CT molecular complexity index is 498. The molecular formula is C14H19FN2O2. The Balaban J connectivity index is 2.73. The molecular weight excluding hydrogens is 247 g/mol. The molecule has 0 aromatic heterocycles. The lowest BCUT2D eigenvalue weighted by molar-refractivity contribution is -0.128. The van der Waals surface area contributed by atoms with Gasteiger partial charge in [-0.05, 0) is 44.5 Å². The molecule has 1 aromatic carbocycles. The minimum atomic E-state index is -0.696. The zero-order chi connectivity index (χ0) is 14.6. The van der Waals surface area contributed by atoms with Crippen molar-refractivity contribution in [2.24, 2.45) is 5.41 Å². The smallest absolute Gasteiger partial charge is 0.251 e. The van der Waals surface area contributed by atoms with Crippen LogP contribution in [0.5, 0.6) is 0 Å². The van der Waals surface area contributed by atoms with Crippen LogP contribution in [0.3, 0.4) is 0 Å². The summed E-state index contributed by atoms with van der Waals surface area (Å²) < 4.78 is 13.0. The third kappa shape index (κ3) is 3.77. The lowest BCUT2D eigenvalue weighted by Gasteiger charge is -2.23. The molecule has 1 rings (SSSR count). The third-order valence-electron chi connectivity index (χ3n) is 2.97. The highest BCUT2D eigenvalue weighted by molar-refractivity contribution is 5.96. The normalized spacial score (nSPS) is 11.0. The Kier molecular flexibility index (Phi) is 4.64. The van der Waals surface area contributed by atoms with Gasteiger partial charge in [0.25, 0.3) is 5.91 Å². The highest BCUT2D eigenvalue weighted by Crippen LogP contribution is 2.15. The fourth-order valence-corrected chi connectivity index (χ4v) is 1.70. The van der Waals surface area contributed by atoms with Gasteiger partial charge in [0, 0.05) is 19.2 Å². The number of benzene rings is 1. The van der Waals surface area contributed by atoms with Crippen LogP contribution in [0, 0.1) is 18.2 Å².